The van der Waals surface area contributed by atoms with Gasteiger partial charge in [0, 0.05) is 41.7 Å². The van der Waals surface area contributed by atoms with Gasteiger partial charge >= 0.3 is 0 Å². The predicted octanol–water partition coefficient (Wildman–Crippen LogP) is 3.52. The molecule has 188 valence electrons. The van der Waals surface area contributed by atoms with E-state index in [4.69, 9.17) is 9.47 Å². The zero-order chi connectivity index (χ0) is 25.1. The summed E-state index contributed by atoms with van der Waals surface area (Å²) in [5.41, 5.74) is 4.76. The lowest BCUT2D eigenvalue weighted by atomic mass is 10.0. The van der Waals surface area contributed by atoms with E-state index in [9.17, 15) is 4.79 Å². The quantitative estimate of drug-likeness (QED) is 0.385. The molecule has 36 heavy (non-hydrogen) atoms. The fraction of sp³-hybridized carbons (Fsp3) is 0.407. The molecule has 1 fully saturated rings. The van der Waals surface area contributed by atoms with E-state index in [-0.39, 0.29) is 11.7 Å². The maximum absolute atomic E-state index is 13.1. The third-order valence-electron chi connectivity index (χ3n) is 6.74. The Morgan fingerprint density at radius 2 is 1.97 bits per heavy atom. The number of nitrogens with zero attached hydrogens (tertiary/aromatic N) is 5. The minimum absolute atomic E-state index is 0.0866. The lowest BCUT2D eigenvalue weighted by Crippen LogP contribution is -2.29. The Bertz CT molecular complexity index is 1410. The van der Waals surface area contributed by atoms with Crippen LogP contribution in [0.4, 0.5) is 0 Å². The molecule has 0 radical (unpaired) electrons. The minimum Gasteiger partial charge on any atom is -0.496 e. The molecule has 1 saturated heterocycles. The highest BCUT2D eigenvalue weighted by atomic mass is 16.5. The molecule has 0 bridgehead atoms. The van der Waals surface area contributed by atoms with Crippen molar-refractivity contribution in [2.24, 2.45) is 0 Å². The van der Waals surface area contributed by atoms with Crippen molar-refractivity contribution in [3.05, 3.63) is 80.9 Å². The number of ether oxygens (including phenoxy) is 2. The van der Waals surface area contributed by atoms with Crippen molar-refractivity contribution >= 4 is 10.9 Å². The molecule has 1 N–H and O–H groups in total. The van der Waals surface area contributed by atoms with Gasteiger partial charge in [0.25, 0.3) is 5.56 Å². The molecule has 0 spiro atoms. The normalized spacial score (nSPS) is 15.7. The summed E-state index contributed by atoms with van der Waals surface area (Å²) in [4.78, 5) is 18.4. The Morgan fingerprint density at radius 3 is 2.78 bits per heavy atom. The Morgan fingerprint density at radius 1 is 1.14 bits per heavy atom. The molecule has 9 nitrogen and oxygen atoms in total. The lowest BCUT2D eigenvalue weighted by Gasteiger charge is -2.23. The van der Waals surface area contributed by atoms with Gasteiger partial charge in [0.2, 0.25) is 0 Å². The first kappa shape index (κ1) is 24.1. The summed E-state index contributed by atoms with van der Waals surface area (Å²) in [5, 5.41) is 13.5. The molecule has 0 unspecified atom stereocenters. The van der Waals surface area contributed by atoms with Gasteiger partial charge in [-0.3, -0.25) is 9.69 Å². The van der Waals surface area contributed by atoms with E-state index in [1.165, 1.54) is 0 Å². The maximum atomic E-state index is 13.1. The van der Waals surface area contributed by atoms with Gasteiger partial charge in [-0.25, -0.2) is 4.68 Å². The third-order valence-corrected chi connectivity index (χ3v) is 6.74. The van der Waals surface area contributed by atoms with Crippen LogP contribution in [0.2, 0.25) is 0 Å². The van der Waals surface area contributed by atoms with Crippen LogP contribution in [0.3, 0.4) is 0 Å². The van der Waals surface area contributed by atoms with Crippen LogP contribution in [0.25, 0.3) is 10.9 Å². The molecular weight excluding hydrogens is 456 g/mol. The molecule has 5 rings (SSSR count). The number of hydrogen-bond donors (Lipinski definition) is 1. The van der Waals surface area contributed by atoms with E-state index in [1.807, 2.05) is 48.0 Å². The average Bonchev–Trinajstić information content (AvgIpc) is 3.53. The number of methoxy groups -OCH3 is 1. The molecule has 3 heterocycles. The van der Waals surface area contributed by atoms with Gasteiger partial charge in [0.05, 0.1) is 26.3 Å². The van der Waals surface area contributed by atoms with E-state index in [2.05, 4.69) is 38.4 Å². The Balaban J connectivity index is 1.46. The zero-order valence-electron chi connectivity index (χ0n) is 21.0. The largest absolute Gasteiger partial charge is 0.496 e. The molecule has 0 amide bonds. The van der Waals surface area contributed by atoms with Crippen LogP contribution < -0.4 is 10.3 Å². The number of hydrogen-bond acceptors (Lipinski definition) is 7. The number of fused-ring (bicyclic) bond motifs is 1. The van der Waals surface area contributed by atoms with E-state index >= 15 is 0 Å². The summed E-state index contributed by atoms with van der Waals surface area (Å²) < 4.78 is 13.2. The van der Waals surface area contributed by atoms with Crippen LogP contribution in [-0.4, -0.2) is 49.9 Å². The topological polar surface area (TPSA) is 98.2 Å². The van der Waals surface area contributed by atoms with Crippen LogP contribution >= 0.6 is 0 Å². The number of tetrazole rings is 1. The number of rotatable bonds is 9. The second-order valence-electron chi connectivity index (χ2n) is 9.54. The van der Waals surface area contributed by atoms with Gasteiger partial charge in [-0.1, -0.05) is 24.3 Å². The molecule has 9 heteroatoms. The standard InChI is InChI=1S/C27H32N6O3/c1-18-11-19(2)23-13-21(27(34)28-24(23)12-18)15-32(14-20-7-4-5-9-25(20)35-3)17-26-29-30-31-33(26)16-22-8-6-10-36-22/h4-5,7,9,11-13,22H,6,8,10,14-17H2,1-3H3,(H,28,34)/t22-/m0/s1. The molecular formula is C27H32N6O3. The van der Waals surface area contributed by atoms with Gasteiger partial charge in [-0.2, -0.15) is 0 Å². The second-order valence-corrected chi connectivity index (χ2v) is 9.54. The van der Waals surface area contributed by atoms with Crippen molar-refractivity contribution in [2.75, 3.05) is 13.7 Å². The zero-order valence-corrected chi connectivity index (χ0v) is 21.0. The summed E-state index contributed by atoms with van der Waals surface area (Å²) in [6, 6.07) is 14.1. The number of aryl methyl sites for hydroxylation is 2. The first-order chi connectivity index (χ1) is 17.5. The summed E-state index contributed by atoms with van der Waals surface area (Å²) in [7, 11) is 1.67. The van der Waals surface area contributed by atoms with Crippen LogP contribution in [-0.2, 0) is 30.9 Å². The van der Waals surface area contributed by atoms with Crippen LogP contribution in [0.15, 0.2) is 47.3 Å². The van der Waals surface area contributed by atoms with E-state index < -0.39 is 0 Å². The summed E-state index contributed by atoms with van der Waals surface area (Å²) in [6.45, 7) is 7.00. The number of benzene rings is 2. The fourth-order valence-corrected chi connectivity index (χ4v) is 4.98. The van der Waals surface area contributed by atoms with Crippen molar-refractivity contribution in [1.82, 2.24) is 30.1 Å². The van der Waals surface area contributed by atoms with Gasteiger partial charge in [-0.15, -0.1) is 5.10 Å². The number of nitrogens with one attached hydrogen (secondary N) is 1. The van der Waals surface area contributed by atoms with Gasteiger partial charge in [0.15, 0.2) is 5.82 Å². The number of pyridine rings is 1. The molecule has 0 saturated carbocycles. The van der Waals surface area contributed by atoms with Crippen molar-refractivity contribution in [2.45, 2.75) is 59.0 Å². The molecule has 0 aliphatic carbocycles. The van der Waals surface area contributed by atoms with Gasteiger partial charge < -0.3 is 14.5 Å². The number of H-pyrrole nitrogens is 1. The highest BCUT2D eigenvalue weighted by molar-refractivity contribution is 5.83. The maximum Gasteiger partial charge on any atom is 0.252 e. The van der Waals surface area contributed by atoms with E-state index in [0.29, 0.717) is 31.7 Å². The number of para-hydroxylation sites is 1. The van der Waals surface area contributed by atoms with Gasteiger partial charge in [0.1, 0.15) is 5.75 Å². The average molecular weight is 489 g/mol. The first-order valence-electron chi connectivity index (χ1n) is 12.3. The predicted molar refractivity (Wildman–Crippen MR) is 137 cm³/mol. The summed E-state index contributed by atoms with van der Waals surface area (Å²) >= 11 is 0. The van der Waals surface area contributed by atoms with Crippen LogP contribution in [0, 0.1) is 13.8 Å². The van der Waals surface area contributed by atoms with Crippen molar-refractivity contribution < 1.29 is 9.47 Å². The van der Waals surface area contributed by atoms with Crippen molar-refractivity contribution in [3.8, 4) is 5.75 Å². The number of aromatic nitrogens is 5. The Labute approximate surface area is 210 Å². The molecule has 2 aromatic heterocycles. The second kappa shape index (κ2) is 10.6. The smallest absolute Gasteiger partial charge is 0.252 e. The first-order valence-corrected chi connectivity index (χ1v) is 12.3. The van der Waals surface area contributed by atoms with E-state index in [0.717, 1.165) is 58.6 Å². The SMILES string of the molecule is COc1ccccc1CN(Cc1cc2c(C)cc(C)cc2[nH]c1=O)Cc1nnnn1C[C@@H]1CCCO1. The Hall–Kier alpha value is -3.56. The molecule has 1 atom stereocenters. The highest BCUT2D eigenvalue weighted by Crippen LogP contribution is 2.23. The van der Waals surface area contributed by atoms with E-state index in [1.54, 1.807) is 7.11 Å². The van der Waals surface area contributed by atoms with Gasteiger partial charge in [-0.05, 0) is 66.4 Å². The van der Waals surface area contributed by atoms with Crippen molar-refractivity contribution in [3.63, 3.8) is 0 Å². The minimum atomic E-state index is -0.0866. The molecule has 2 aromatic carbocycles. The molecule has 1 aliphatic heterocycles. The van der Waals surface area contributed by atoms with Crippen LogP contribution in [0.1, 0.15) is 40.9 Å². The Kier molecular flexibility index (Phi) is 7.11. The number of aromatic amines is 1. The molecule has 1 aliphatic rings. The summed E-state index contributed by atoms with van der Waals surface area (Å²) in [5.74, 6) is 1.55. The molecule has 4 aromatic rings. The third kappa shape index (κ3) is 5.32. The fourth-order valence-electron chi connectivity index (χ4n) is 4.98. The lowest BCUT2D eigenvalue weighted by molar-refractivity contribution is 0.0914. The monoisotopic (exact) mass is 488 g/mol. The van der Waals surface area contributed by atoms with Crippen molar-refractivity contribution in [1.29, 1.82) is 0 Å². The summed E-state index contributed by atoms with van der Waals surface area (Å²) in [6.07, 6.45) is 2.20. The van der Waals surface area contributed by atoms with Crippen LogP contribution in [0.5, 0.6) is 5.75 Å². The highest BCUT2D eigenvalue weighted by Gasteiger charge is 2.21.